The van der Waals surface area contributed by atoms with E-state index in [9.17, 15) is 4.79 Å². The van der Waals surface area contributed by atoms with Gasteiger partial charge in [0.15, 0.2) is 0 Å². The maximum Gasteiger partial charge on any atom is 0.340 e. The quantitative estimate of drug-likeness (QED) is 0.382. The van der Waals surface area contributed by atoms with Gasteiger partial charge >= 0.3 is 14.5 Å². The normalized spacial score (nSPS) is 12.0. The Morgan fingerprint density at radius 3 is 2.33 bits per heavy atom. The highest BCUT2D eigenvalue weighted by molar-refractivity contribution is 6.67. The van der Waals surface area contributed by atoms with Gasteiger partial charge in [-0.2, -0.15) is 0 Å². The van der Waals surface area contributed by atoms with Crippen LogP contribution in [-0.4, -0.2) is 35.4 Å². The molecule has 0 saturated carbocycles. The molecule has 15 heavy (non-hydrogen) atoms. The van der Waals surface area contributed by atoms with Crippen molar-refractivity contribution in [1.29, 1.82) is 0 Å². The molecule has 88 valence electrons. The fourth-order valence-corrected chi connectivity index (χ4v) is 3.16. The first-order valence-electron chi connectivity index (χ1n) is 5.04. The van der Waals surface area contributed by atoms with Gasteiger partial charge in [-0.3, -0.25) is 0 Å². The fourth-order valence-electron chi connectivity index (χ4n) is 1.24. The molecular formula is C10H20O4Si. The van der Waals surface area contributed by atoms with E-state index in [1.807, 2.05) is 6.92 Å². The predicted molar refractivity (Wildman–Crippen MR) is 60.8 cm³/mol. The van der Waals surface area contributed by atoms with Gasteiger partial charge in [-0.15, -0.1) is 0 Å². The third kappa shape index (κ3) is 5.11. The lowest BCUT2D eigenvalue weighted by Gasteiger charge is -2.25. The van der Waals surface area contributed by atoms with Gasteiger partial charge in [0.1, 0.15) is 0 Å². The highest BCUT2D eigenvalue weighted by Gasteiger charge is 2.33. The summed E-state index contributed by atoms with van der Waals surface area (Å²) in [4.78, 5) is 11.0. The third-order valence-electron chi connectivity index (χ3n) is 2.31. The molecule has 0 atom stereocenters. The third-order valence-corrected chi connectivity index (χ3v) is 5.84. The lowest BCUT2D eigenvalue weighted by Crippen LogP contribution is -2.40. The minimum atomic E-state index is -2.11. The van der Waals surface area contributed by atoms with Gasteiger partial charge in [0.05, 0.1) is 6.61 Å². The first kappa shape index (κ1) is 14.3. The number of ether oxygens (including phenoxy) is 1. The van der Waals surface area contributed by atoms with Gasteiger partial charge in [0.2, 0.25) is 0 Å². The Morgan fingerprint density at radius 2 is 1.93 bits per heavy atom. The van der Waals surface area contributed by atoms with E-state index >= 15 is 0 Å². The van der Waals surface area contributed by atoms with Crippen LogP contribution in [0.15, 0.2) is 12.2 Å². The number of carbonyl (C=O) groups is 1. The van der Waals surface area contributed by atoms with E-state index in [4.69, 9.17) is 13.6 Å². The average molecular weight is 232 g/mol. The van der Waals surface area contributed by atoms with Crippen molar-refractivity contribution in [3.8, 4) is 0 Å². The molecule has 0 heterocycles. The number of carbonyl (C=O) groups excluding carboxylic acids is 1. The van der Waals surface area contributed by atoms with E-state index in [0.29, 0.717) is 12.7 Å². The van der Waals surface area contributed by atoms with Crippen molar-refractivity contribution in [3.63, 3.8) is 0 Å². The van der Waals surface area contributed by atoms with Crippen molar-refractivity contribution in [2.45, 2.75) is 25.9 Å². The van der Waals surface area contributed by atoms with Crippen LogP contribution in [-0.2, 0) is 18.4 Å². The van der Waals surface area contributed by atoms with Crippen LogP contribution in [0.3, 0.4) is 0 Å². The van der Waals surface area contributed by atoms with Gasteiger partial charge in [0.25, 0.3) is 0 Å². The summed E-state index contributed by atoms with van der Waals surface area (Å²) in [7, 11) is 1.18. The van der Waals surface area contributed by atoms with Crippen molar-refractivity contribution in [2.75, 3.05) is 20.8 Å². The molecule has 0 aromatic rings. The van der Waals surface area contributed by atoms with Crippen LogP contribution in [0.25, 0.3) is 0 Å². The summed E-state index contributed by atoms with van der Waals surface area (Å²) in [5.41, 5.74) is 0. The molecule has 0 unspecified atom stereocenters. The Bertz CT molecular complexity index is 203. The van der Waals surface area contributed by atoms with Crippen LogP contribution in [0.4, 0.5) is 0 Å². The first-order valence-corrected chi connectivity index (χ1v) is 7.27. The topological polar surface area (TPSA) is 44.8 Å². The standard InChI is InChI=1S/C10H20O4Si/c1-5-7-10(11)14-8-9-15(6-2,12-3)13-4/h5,7H,6,8-9H2,1-4H3. The maximum atomic E-state index is 11.0. The summed E-state index contributed by atoms with van der Waals surface area (Å²) >= 11 is 0. The van der Waals surface area contributed by atoms with Crippen molar-refractivity contribution in [2.24, 2.45) is 0 Å². The highest BCUT2D eigenvalue weighted by atomic mass is 28.4. The molecule has 0 aliphatic rings. The minimum absolute atomic E-state index is 0.316. The Hall–Kier alpha value is -0.653. The molecule has 0 radical (unpaired) electrons. The lowest BCUT2D eigenvalue weighted by molar-refractivity contribution is -0.137. The van der Waals surface area contributed by atoms with Crippen molar-refractivity contribution < 1.29 is 18.4 Å². The maximum absolute atomic E-state index is 11.0. The Morgan fingerprint density at radius 1 is 1.33 bits per heavy atom. The zero-order valence-electron chi connectivity index (χ0n) is 9.91. The number of rotatable bonds is 7. The van der Waals surface area contributed by atoms with Gasteiger partial charge in [0, 0.05) is 26.3 Å². The second kappa shape index (κ2) is 7.61. The lowest BCUT2D eigenvalue weighted by atomic mass is 10.5. The second-order valence-corrected chi connectivity index (χ2v) is 6.93. The molecule has 0 aromatic heterocycles. The summed E-state index contributed by atoms with van der Waals surface area (Å²) in [6.45, 7) is 4.15. The molecule has 0 amide bonds. The van der Waals surface area contributed by atoms with E-state index in [2.05, 4.69) is 0 Å². The molecular weight excluding hydrogens is 212 g/mol. The van der Waals surface area contributed by atoms with Gasteiger partial charge in [-0.1, -0.05) is 13.0 Å². The molecule has 4 nitrogen and oxygen atoms in total. The van der Waals surface area contributed by atoms with E-state index < -0.39 is 8.56 Å². The van der Waals surface area contributed by atoms with Crippen LogP contribution in [0, 0.1) is 0 Å². The van der Waals surface area contributed by atoms with Crippen molar-refractivity contribution in [1.82, 2.24) is 0 Å². The summed E-state index contributed by atoms with van der Waals surface area (Å²) in [6.07, 6.45) is 3.05. The largest absolute Gasteiger partial charge is 0.463 e. The molecule has 0 bridgehead atoms. The second-order valence-electron chi connectivity index (χ2n) is 3.09. The molecule has 0 rings (SSSR count). The molecule has 0 saturated heterocycles. The summed E-state index contributed by atoms with van der Waals surface area (Å²) in [5, 5.41) is 0. The number of hydrogen-bond acceptors (Lipinski definition) is 4. The van der Waals surface area contributed by atoms with E-state index in [1.165, 1.54) is 6.08 Å². The summed E-state index contributed by atoms with van der Waals surface area (Å²) in [6, 6.07) is 1.51. The highest BCUT2D eigenvalue weighted by Crippen LogP contribution is 2.16. The van der Waals surface area contributed by atoms with Crippen LogP contribution in [0.5, 0.6) is 0 Å². The van der Waals surface area contributed by atoms with Gasteiger partial charge in [-0.05, 0) is 13.0 Å². The zero-order valence-corrected chi connectivity index (χ0v) is 10.9. The van der Waals surface area contributed by atoms with Crippen LogP contribution in [0.2, 0.25) is 12.1 Å². The molecule has 5 heteroatoms. The van der Waals surface area contributed by atoms with Gasteiger partial charge < -0.3 is 13.6 Å². The monoisotopic (exact) mass is 232 g/mol. The number of esters is 1. The SMILES string of the molecule is CC=CC(=O)OCC[Si](CC)(OC)OC. The predicted octanol–water partition coefficient (Wildman–Crippen LogP) is 1.86. The molecule has 0 aromatic carbocycles. The van der Waals surface area contributed by atoms with Crippen molar-refractivity contribution >= 4 is 14.5 Å². The van der Waals surface area contributed by atoms with E-state index in [1.54, 1.807) is 27.2 Å². The Kier molecular flexibility index (Phi) is 7.28. The molecule has 0 fully saturated rings. The van der Waals surface area contributed by atoms with Gasteiger partial charge in [-0.25, -0.2) is 4.79 Å². The molecule has 0 N–H and O–H groups in total. The fraction of sp³-hybridized carbons (Fsp3) is 0.700. The minimum Gasteiger partial charge on any atom is -0.463 e. The molecule has 0 aliphatic carbocycles. The van der Waals surface area contributed by atoms with Crippen molar-refractivity contribution in [3.05, 3.63) is 12.2 Å². The zero-order chi connectivity index (χ0) is 11.7. The number of hydrogen-bond donors (Lipinski definition) is 0. The van der Waals surface area contributed by atoms with Crippen LogP contribution < -0.4 is 0 Å². The smallest absolute Gasteiger partial charge is 0.340 e. The van der Waals surface area contributed by atoms with E-state index in [0.717, 1.165) is 6.04 Å². The summed E-state index contributed by atoms with van der Waals surface area (Å²) < 4.78 is 15.8. The Balaban J connectivity index is 3.96. The average Bonchev–Trinajstić information content (AvgIpc) is 2.25. The summed E-state index contributed by atoms with van der Waals surface area (Å²) in [5.74, 6) is -0.316. The van der Waals surface area contributed by atoms with Crippen LogP contribution in [0.1, 0.15) is 13.8 Å². The molecule has 0 aliphatic heterocycles. The first-order chi connectivity index (χ1) is 7.14. The van der Waals surface area contributed by atoms with E-state index in [-0.39, 0.29) is 5.97 Å². The van der Waals surface area contributed by atoms with Crippen LogP contribution >= 0.6 is 0 Å². The number of allylic oxidation sites excluding steroid dienone is 1. The Labute approximate surface area is 92.5 Å². The molecule has 0 spiro atoms.